The van der Waals surface area contributed by atoms with Gasteiger partial charge in [-0.2, -0.15) is 4.39 Å². The largest absolute Gasteiger partial charge is 0.356 e. The molecule has 0 spiro atoms. The van der Waals surface area contributed by atoms with Crippen molar-refractivity contribution in [2.75, 3.05) is 0 Å². The van der Waals surface area contributed by atoms with E-state index in [4.69, 9.17) is 4.52 Å². The van der Waals surface area contributed by atoms with Crippen LogP contribution in [-0.2, 0) is 0 Å². The molecule has 72 valence electrons. The van der Waals surface area contributed by atoms with Gasteiger partial charge in [0, 0.05) is 0 Å². The Morgan fingerprint density at radius 2 is 2.29 bits per heavy atom. The highest BCUT2D eigenvalue weighted by molar-refractivity contribution is 5.88. The molecule has 0 N–H and O–H groups in total. The van der Waals surface area contributed by atoms with Gasteiger partial charge in [-0.15, -0.1) is 0 Å². The molecule has 0 bridgehead atoms. The maximum atomic E-state index is 13.1. The van der Waals surface area contributed by atoms with Gasteiger partial charge in [-0.3, -0.25) is 10.1 Å². The van der Waals surface area contributed by atoms with E-state index in [1.807, 2.05) is 0 Å². The normalized spacial score (nSPS) is 10.7. The summed E-state index contributed by atoms with van der Waals surface area (Å²) in [6.07, 6.45) is 0. The zero-order valence-corrected chi connectivity index (χ0v) is 7.15. The number of halogens is 1. The second kappa shape index (κ2) is 2.76. The van der Waals surface area contributed by atoms with Crippen molar-refractivity contribution in [3.8, 4) is 0 Å². The lowest BCUT2D eigenvalue weighted by Crippen LogP contribution is -1.93. The molecule has 0 aliphatic carbocycles. The van der Waals surface area contributed by atoms with Gasteiger partial charge in [-0.05, 0) is 19.1 Å². The minimum atomic E-state index is -0.881. The molecule has 1 aromatic carbocycles. The number of nitrogens with zero attached hydrogens (tertiary/aromatic N) is 2. The van der Waals surface area contributed by atoms with E-state index in [0.717, 1.165) is 6.07 Å². The summed E-state index contributed by atoms with van der Waals surface area (Å²) in [6.45, 7) is 1.53. The van der Waals surface area contributed by atoms with E-state index < -0.39 is 16.4 Å². The number of nitro groups is 1. The molecular weight excluding hydrogens is 191 g/mol. The first-order valence-corrected chi connectivity index (χ1v) is 3.80. The van der Waals surface area contributed by atoms with Gasteiger partial charge in [0.1, 0.15) is 5.39 Å². The van der Waals surface area contributed by atoms with Gasteiger partial charge in [0.25, 0.3) is 0 Å². The highest BCUT2D eigenvalue weighted by Gasteiger charge is 2.23. The first-order chi connectivity index (χ1) is 6.61. The predicted octanol–water partition coefficient (Wildman–Crippen LogP) is 2.18. The maximum Gasteiger partial charge on any atom is 0.317 e. The van der Waals surface area contributed by atoms with Gasteiger partial charge < -0.3 is 4.52 Å². The number of aryl methyl sites for hydroxylation is 1. The van der Waals surface area contributed by atoms with Crippen molar-refractivity contribution in [2.24, 2.45) is 0 Å². The zero-order valence-electron chi connectivity index (χ0n) is 7.15. The molecule has 0 saturated carbocycles. The molecule has 0 amide bonds. The van der Waals surface area contributed by atoms with Gasteiger partial charge in [0.05, 0.1) is 10.6 Å². The van der Waals surface area contributed by atoms with Crippen LogP contribution in [0.3, 0.4) is 0 Å². The highest BCUT2D eigenvalue weighted by Crippen LogP contribution is 2.30. The minimum absolute atomic E-state index is 0.120. The number of aromatic nitrogens is 1. The lowest BCUT2D eigenvalue weighted by atomic mass is 10.2. The number of hydrogen-bond acceptors (Lipinski definition) is 4. The molecule has 2 aromatic rings. The maximum absolute atomic E-state index is 13.1. The van der Waals surface area contributed by atoms with Crippen molar-refractivity contribution in [3.63, 3.8) is 0 Å². The fourth-order valence-corrected chi connectivity index (χ4v) is 1.31. The fraction of sp³-hybridized carbons (Fsp3) is 0.125. The van der Waals surface area contributed by atoms with E-state index >= 15 is 0 Å². The van der Waals surface area contributed by atoms with Crippen molar-refractivity contribution in [2.45, 2.75) is 6.92 Å². The van der Waals surface area contributed by atoms with Crippen molar-refractivity contribution in [3.05, 3.63) is 33.8 Å². The molecule has 2 rings (SSSR count). The third kappa shape index (κ3) is 1.04. The van der Waals surface area contributed by atoms with E-state index in [9.17, 15) is 14.5 Å². The van der Waals surface area contributed by atoms with Crippen LogP contribution in [0.5, 0.6) is 0 Å². The molecule has 0 saturated heterocycles. The summed E-state index contributed by atoms with van der Waals surface area (Å²) in [4.78, 5) is 9.81. The Morgan fingerprint density at radius 3 is 2.93 bits per heavy atom. The Bertz CT molecular complexity index is 521. The lowest BCUT2D eigenvalue weighted by molar-refractivity contribution is -0.385. The second-order valence-corrected chi connectivity index (χ2v) is 2.79. The number of rotatable bonds is 1. The van der Waals surface area contributed by atoms with Crippen molar-refractivity contribution in [1.82, 2.24) is 5.16 Å². The Hall–Kier alpha value is -1.98. The zero-order chi connectivity index (χ0) is 10.3. The lowest BCUT2D eigenvalue weighted by Gasteiger charge is -1.94. The van der Waals surface area contributed by atoms with Crippen LogP contribution in [0.25, 0.3) is 11.0 Å². The smallest absolute Gasteiger partial charge is 0.317 e. The number of fused-ring (bicyclic) bond motifs is 1. The summed E-state index contributed by atoms with van der Waals surface area (Å²) in [7, 11) is 0. The van der Waals surface area contributed by atoms with E-state index in [-0.39, 0.29) is 11.0 Å². The Labute approximate surface area is 77.3 Å². The molecule has 1 heterocycles. The topological polar surface area (TPSA) is 69.2 Å². The monoisotopic (exact) mass is 196 g/mol. The first-order valence-electron chi connectivity index (χ1n) is 3.80. The van der Waals surface area contributed by atoms with Crippen molar-refractivity contribution in [1.29, 1.82) is 0 Å². The van der Waals surface area contributed by atoms with Crippen molar-refractivity contribution >= 4 is 16.7 Å². The molecular formula is C8H5FN2O3. The summed E-state index contributed by atoms with van der Waals surface area (Å²) in [6, 6.07) is 2.31. The summed E-state index contributed by atoms with van der Waals surface area (Å²) in [5.74, 6) is -0.881. The molecule has 0 unspecified atom stereocenters. The quantitative estimate of drug-likeness (QED) is 0.517. The van der Waals surface area contributed by atoms with Crippen LogP contribution in [0, 0.1) is 22.9 Å². The Morgan fingerprint density at radius 1 is 1.57 bits per heavy atom. The SMILES string of the molecule is Cc1noc2ccc(F)c([N+](=O)[O-])c12. The number of nitro benzene ring substituents is 1. The Kier molecular flexibility index (Phi) is 1.70. The van der Waals surface area contributed by atoms with E-state index in [1.165, 1.54) is 13.0 Å². The van der Waals surface area contributed by atoms with Crippen LogP contribution < -0.4 is 0 Å². The third-order valence-electron chi connectivity index (χ3n) is 1.92. The van der Waals surface area contributed by atoms with Crippen LogP contribution >= 0.6 is 0 Å². The molecule has 6 heteroatoms. The molecule has 0 atom stereocenters. The summed E-state index contributed by atoms with van der Waals surface area (Å²) >= 11 is 0. The predicted molar refractivity (Wildman–Crippen MR) is 45.4 cm³/mol. The van der Waals surface area contributed by atoms with Gasteiger partial charge in [0.2, 0.25) is 5.82 Å². The average molecular weight is 196 g/mol. The van der Waals surface area contributed by atoms with E-state index in [2.05, 4.69) is 5.16 Å². The molecule has 1 aromatic heterocycles. The average Bonchev–Trinajstić information content (AvgIpc) is 2.47. The van der Waals surface area contributed by atoms with Crippen LogP contribution in [0.4, 0.5) is 10.1 Å². The minimum Gasteiger partial charge on any atom is -0.356 e. The molecule has 5 nitrogen and oxygen atoms in total. The van der Waals surface area contributed by atoms with E-state index in [0.29, 0.717) is 5.69 Å². The molecule has 0 fully saturated rings. The Balaban J connectivity index is 2.94. The summed E-state index contributed by atoms with van der Waals surface area (Å²) < 4.78 is 17.9. The van der Waals surface area contributed by atoms with Crippen LogP contribution in [0.2, 0.25) is 0 Å². The fourth-order valence-electron chi connectivity index (χ4n) is 1.31. The van der Waals surface area contributed by atoms with Gasteiger partial charge in [0.15, 0.2) is 5.58 Å². The van der Waals surface area contributed by atoms with Crippen LogP contribution in [0.15, 0.2) is 16.7 Å². The number of hydrogen-bond donors (Lipinski definition) is 0. The van der Waals surface area contributed by atoms with Gasteiger partial charge in [-0.25, -0.2) is 0 Å². The second-order valence-electron chi connectivity index (χ2n) is 2.79. The molecule has 14 heavy (non-hydrogen) atoms. The first kappa shape index (κ1) is 8.61. The van der Waals surface area contributed by atoms with Gasteiger partial charge >= 0.3 is 5.69 Å². The highest BCUT2D eigenvalue weighted by atomic mass is 19.1. The summed E-state index contributed by atoms with van der Waals surface area (Å²) in [5.41, 5.74) is -0.0527. The van der Waals surface area contributed by atoms with E-state index in [1.54, 1.807) is 0 Å². The van der Waals surface area contributed by atoms with Crippen LogP contribution in [0.1, 0.15) is 5.69 Å². The standard InChI is InChI=1S/C8H5FN2O3/c1-4-7-6(14-10-4)3-2-5(9)8(7)11(12)13/h2-3H,1H3. The van der Waals surface area contributed by atoms with Gasteiger partial charge in [-0.1, -0.05) is 5.16 Å². The van der Waals surface area contributed by atoms with Crippen LogP contribution in [-0.4, -0.2) is 10.1 Å². The molecule has 0 radical (unpaired) electrons. The summed E-state index contributed by atoms with van der Waals surface area (Å²) in [5, 5.41) is 14.2. The molecule has 0 aliphatic heterocycles. The third-order valence-corrected chi connectivity index (χ3v) is 1.92. The number of benzene rings is 1. The van der Waals surface area contributed by atoms with Crippen molar-refractivity contribution < 1.29 is 13.8 Å². The molecule has 0 aliphatic rings.